The van der Waals surface area contributed by atoms with E-state index < -0.39 is 0 Å². The van der Waals surface area contributed by atoms with Gasteiger partial charge >= 0.3 is 0 Å². The second kappa shape index (κ2) is 8.84. The summed E-state index contributed by atoms with van der Waals surface area (Å²) >= 11 is 1.32. The van der Waals surface area contributed by atoms with Gasteiger partial charge in [-0.2, -0.15) is 0 Å². The monoisotopic (exact) mass is 445 g/mol. The molecule has 0 spiro atoms. The highest BCUT2D eigenvalue weighted by Crippen LogP contribution is 2.28. The molecule has 0 saturated carbocycles. The Morgan fingerprint density at radius 2 is 1.84 bits per heavy atom. The molecule has 0 aliphatic carbocycles. The molecule has 0 unspecified atom stereocenters. The van der Waals surface area contributed by atoms with Crippen molar-refractivity contribution in [1.82, 2.24) is 19.5 Å². The number of hydrogen-bond donors (Lipinski definition) is 1. The lowest BCUT2D eigenvalue weighted by Gasteiger charge is -2.18. The van der Waals surface area contributed by atoms with Crippen LogP contribution < -0.4 is 10.9 Å². The quantitative estimate of drug-likeness (QED) is 0.493. The molecule has 4 aromatic rings. The Kier molecular flexibility index (Phi) is 5.96. The van der Waals surface area contributed by atoms with E-state index >= 15 is 0 Å². The van der Waals surface area contributed by atoms with Crippen LogP contribution in [0.1, 0.15) is 42.3 Å². The van der Waals surface area contributed by atoms with Gasteiger partial charge in [-0.15, -0.1) is 11.3 Å². The molecule has 0 aliphatic heterocycles. The summed E-state index contributed by atoms with van der Waals surface area (Å²) in [6.45, 7) is 6.84. The van der Waals surface area contributed by atoms with Gasteiger partial charge in [0.2, 0.25) is 0 Å². The number of nitrogens with one attached hydrogen (secondary N) is 1. The van der Waals surface area contributed by atoms with Crippen LogP contribution in [0.25, 0.3) is 11.4 Å². The molecule has 0 aliphatic rings. The predicted molar refractivity (Wildman–Crippen MR) is 126 cm³/mol. The molecule has 32 heavy (non-hydrogen) atoms. The van der Waals surface area contributed by atoms with Gasteiger partial charge in [-0.3, -0.25) is 24.9 Å². The highest BCUT2D eigenvalue weighted by molar-refractivity contribution is 7.14. The Morgan fingerprint density at radius 1 is 1.06 bits per heavy atom. The van der Waals surface area contributed by atoms with E-state index in [1.165, 1.54) is 17.4 Å². The van der Waals surface area contributed by atoms with Gasteiger partial charge in [0.15, 0.2) is 5.13 Å². The Hall–Kier alpha value is -3.65. The number of nitrogens with zero attached hydrogens (tertiary/aromatic N) is 4. The second-order valence-electron chi connectivity index (χ2n) is 8.41. The lowest BCUT2D eigenvalue weighted by Crippen LogP contribution is -2.22. The van der Waals surface area contributed by atoms with E-state index in [1.54, 1.807) is 35.4 Å². The van der Waals surface area contributed by atoms with E-state index in [1.807, 2.05) is 29.6 Å². The van der Waals surface area contributed by atoms with Gasteiger partial charge in [0.25, 0.3) is 11.5 Å². The van der Waals surface area contributed by atoms with Crippen molar-refractivity contribution in [1.29, 1.82) is 0 Å². The van der Waals surface area contributed by atoms with E-state index in [4.69, 9.17) is 0 Å². The number of aromatic nitrogens is 4. The van der Waals surface area contributed by atoms with Crippen molar-refractivity contribution in [3.8, 4) is 11.4 Å². The van der Waals surface area contributed by atoms with Gasteiger partial charge < -0.3 is 4.57 Å². The molecule has 0 radical (unpaired) electrons. The minimum atomic E-state index is -0.379. The Balaban J connectivity index is 1.48. The van der Waals surface area contributed by atoms with Crippen LogP contribution in [0, 0.1) is 0 Å². The van der Waals surface area contributed by atoms with Crippen LogP contribution in [-0.4, -0.2) is 25.4 Å². The highest BCUT2D eigenvalue weighted by atomic mass is 32.1. The van der Waals surface area contributed by atoms with Gasteiger partial charge in [0.05, 0.1) is 12.2 Å². The first-order chi connectivity index (χ1) is 15.3. The lowest BCUT2D eigenvalue weighted by atomic mass is 9.87. The van der Waals surface area contributed by atoms with E-state index in [2.05, 4.69) is 41.0 Å². The number of carbonyl (C=O) groups excluding carboxylic acids is 1. The van der Waals surface area contributed by atoms with Gasteiger partial charge in [0.1, 0.15) is 5.69 Å². The molecule has 0 bridgehead atoms. The first-order valence-electron chi connectivity index (χ1n) is 10.1. The van der Waals surface area contributed by atoms with E-state index in [9.17, 15) is 9.59 Å². The molecule has 1 amide bonds. The standard InChI is InChI=1S/C24H23N5O2S/c1-24(2,3)18-6-10-26-19(13-18)20-15-32-23(27-20)28-22(31)17-7-11-29(21(30)12-17)14-16-4-8-25-9-5-16/h4-13,15H,14H2,1-3H3,(H,27,28,31). The zero-order valence-corrected chi connectivity index (χ0v) is 18.9. The molecule has 0 saturated heterocycles. The average molecular weight is 446 g/mol. The minimum absolute atomic E-state index is 0.00235. The number of anilines is 1. The predicted octanol–water partition coefficient (Wildman–Crippen LogP) is 4.36. The summed E-state index contributed by atoms with van der Waals surface area (Å²) in [6, 6.07) is 10.7. The van der Waals surface area contributed by atoms with Crippen LogP contribution in [0.5, 0.6) is 0 Å². The summed E-state index contributed by atoms with van der Waals surface area (Å²) in [6.07, 6.45) is 6.75. The van der Waals surface area contributed by atoms with E-state index in [-0.39, 0.29) is 22.4 Å². The second-order valence-corrected chi connectivity index (χ2v) is 9.27. The molecule has 4 heterocycles. The maximum absolute atomic E-state index is 12.7. The van der Waals surface area contributed by atoms with Crippen molar-refractivity contribution < 1.29 is 4.79 Å². The van der Waals surface area contributed by atoms with Crippen LogP contribution >= 0.6 is 11.3 Å². The molecule has 0 aromatic carbocycles. The largest absolute Gasteiger partial charge is 0.311 e. The SMILES string of the molecule is CC(C)(C)c1ccnc(-c2csc(NC(=O)c3ccn(Cc4ccncc4)c(=O)c3)n2)c1. The van der Waals surface area contributed by atoms with Gasteiger partial charge in [-0.1, -0.05) is 20.8 Å². The van der Waals surface area contributed by atoms with Crippen LogP contribution in [0.4, 0.5) is 5.13 Å². The lowest BCUT2D eigenvalue weighted by molar-refractivity contribution is 0.102. The molecular formula is C24H23N5O2S. The van der Waals surface area contributed by atoms with E-state index in [0.717, 1.165) is 16.8 Å². The molecule has 4 aromatic heterocycles. The zero-order chi connectivity index (χ0) is 22.7. The molecule has 8 heteroatoms. The smallest absolute Gasteiger partial charge is 0.257 e. The van der Waals surface area contributed by atoms with Crippen molar-refractivity contribution in [2.45, 2.75) is 32.7 Å². The van der Waals surface area contributed by atoms with Gasteiger partial charge in [0, 0.05) is 41.8 Å². The molecular weight excluding hydrogens is 422 g/mol. The van der Waals surface area contributed by atoms with Crippen molar-refractivity contribution in [3.63, 3.8) is 0 Å². The summed E-state index contributed by atoms with van der Waals surface area (Å²) in [5.41, 5.74) is 3.61. The molecule has 0 fully saturated rings. The first-order valence-corrected chi connectivity index (χ1v) is 11.0. The topological polar surface area (TPSA) is 89.8 Å². The fraction of sp³-hybridized carbons (Fsp3) is 0.208. The molecule has 1 N–H and O–H groups in total. The van der Waals surface area contributed by atoms with Crippen LogP contribution in [0.2, 0.25) is 0 Å². The third-order valence-electron chi connectivity index (χ3n) is 4.97. The van der Waals surface area contributed by atoms with E-state index in [0.29, 0.717) is 17.4 Å². The van der Waals surface area contributed by atoms with Gasteiger partial charge in [-0.05, 0) is 46.9 Å². The number of rotatable bonds is 5. The third kappa shape index (κ3) is 4.97. The minimum Gasteiger partial charge on any atom is -0.311 e. The van der Waals surface area contributed by atoms with Crippen molar-refractivity contribution in [2.24, 2.45) is 0 Å². The maximum atomic E-state index is 12.7. The Labute approximate surface area is 189 Å². The van der Waals surface area contributed by atoms with Crippen LogP contribution in [-0.2, 0) is 12.0 Å². The molecule has 7 nitrogen and oxygen atoms in total. The fourth-order valence-electron chi connectivity index (χ4n) is 3.12. The maximum Gasteiger partial charge on any atom is 0.257 e. The van der Waals surface area contributed by atoms with Crippen LogP contribution in [0.3, 0.4) is 0 Å². The number of hydrogen-bond acceptors (Lipinski definition) is 6. The summed E-state index contributed by atoms with van der Waals surface area (Å²) < 4.78 is 1.54. The Morgan fingerprint density at radius 3 is 2.56 bits per heavy atom. The third-order valence-corrected chi connectivity index (χ3v) is 5.73. The fourth-order valence-corrected chi connectivity index (χ4v) is 3.82. The summed E-state index contributed by atoms with van der Waals surface area (Å²) in [5.74, 6) is -0.379. The normalized spacial score (nSPS) is 11.3. The van der Waals surface area contributed by atoms with Crippen LogP contribution in [0.15, 0.2) is 71.4 Å². The van der Waals surface area contributed by atoms with Crippen molar-refractivity contribution in [2.75, 3.05) is 5.32 Å². The summed E-state index contributed by atoms with van der Waals surface area (Å²) in [5, 5.41) is 5.08. The highest BCUT2D eigenvalue weighted by Gasteiger charge is 2.16. The Bertz CT molecular complexity index is 1310. The molecule has 0 atom stereocenters. The van der Waals surface area contributed by atoms with Crippen molar-refractivity contribution >= 4 is 22.4 Å². The number of amides is 1. The molecule has 4 rings (SSSR count). The number of carbonyl (C=O) groups is 1. The average Bonchev–Trinajstić information content (AvgIpc) is 3.24. The number of pyridine rings is 3. The zero-order valence-electron chi connectivity index (χ0n) is 18.1. The first kappa shape index (κ1) is 21.6. The number of thiazole rings is 1. The van der Waals surface area contributed by atoms with Crippen molar-refractivity contribution in [3.05, 3.63) is 93.6 Å². The summed E-state index contributed by atoms with van der Waals surface area (Å²) in [7, 11) is 0. The molecule has 162 valence electrons. The summed E-state index contributed by atoms with van der Waals surface area (Å²) in [4.78, 5) is 38.0. The van der Waals surface area contributed by atoms with Gasteiger partial charge in [-0.25, -0.2) is 4.98 Å².